The van der Waals surface area contributed by atoms with Crippen LogP contribution in [0.4, 0.5) is 0 Å². The molecule has 3 nitrogen and oxygen atoms in total. The van der Waals surface area contributed by atoms with Crippen molar-refractivity contribution in [3.05, 3.63) is 0 Å². The van der Waals surface area contributed by atoms with E-state index < -0.39 is 0 Å². The molecule has 1 rings (SSSR count). The average Bonchev–Trinajstić information content (AvgIpc) is 1.85. The number of guanidine groups is 1. The number of nitrogens with two attached hydrogens (primary N) is 2. The topological polar surface area (TPSA) is 55.0 Å². The highest BCUT2D eigenvalue weighted by Crippen LogP contribution is 2.17. The molecule has 4 N–H and O–H groups in total. The van der Waals surface area contributed by atoms with E-state index in [4.69, 9.17) is 11.5 Å². The van der Waals surface area contributed by atoms with E-state index in [0.29, 0.717) is 18.0 Å². The summed E-state index contributed by atoms with van der Waals surface area (Å²) < 4.78 is 2.11. The van der Waals surface area contributed by atoms with E-state index in [1.54, 1.807) is 0 Å². The van der Waals surface area contributed by atoms with Gasteiger partial charge in [-0.25, -0.2) is 0 Å². The molecule has 0 aliphatic carbocycles. The van der Waals surface area contributed by atoms with Gasteiger partial charge >= 0.3 is 5.96 Å². The molecule has 0 saturated carbocycles. The van der Waals surface area contributed by atoms with Gasteiger partial charge in [-0.05, 0) is 33.1 Å². The molecular weight excluding hydrogens is 138 g/mol. The molecule has 0 aromatic heterocycles. The maximum absolute atomic E-state index is 5.57. The normalized spacial score (nSPS) is 32.0. The first-order valence-corrected chi connectivity index (χ1v) is 4.29. The number of piperidine rings is 1. The number of nitrogens with zero attached hydrogens (tertiary/aromatic N) is 1. The summed E-state index contributed by atoms with van der Waals surface area (Å²) in [5.41, 5.74) is 11.1. The zero-order valence-corrected chi connectivity index (χ0v) is 7.38. The lowest BCUT2D eigenvalue weighted by Crippen LogP contribution is -2.46. The number of rotatable bonds is 0. The predicted octanol–water partition coefficient (Wildman–Crippen LogP) is 0.233. The second-order valence-electron chi connectivity index (χ2n) is 3.46. The Bertz CT molecular complexity index is 158. The van der Waals surface area contributed by atoms with Crippen LogP contribution in [0.15, 0.2) is 0 Å². The molecule has 1 fully saturated rings. The van der Waals surface area contributed by atoms with Crippen molar-refractivity contribution in [1.29, 1.82) is 0 Å². The Hall–Kier alpha value is -0.730. The summed E-state index contributed by atoms with van der Waals surface area (Å²) in [6, 6.07) is 1.03. The Kier molecular flexibility index (Phi) is 2.37. The summed E-state index contributed by atoms with van der Waals surface area (Å²) in [6.07, 6.45) is 3.72. The maximum Gasteiger partial charge on any atom is 0.341 e. The molecule has 1 aliphatic heterocycles. The van der Waals surface area contributed by atoms with Crippen molar-refractivity contribution >= 4 is 5.96 Å². The van der Waals surface area contributed by atoms with Gasteiger partial charge in [0.15, 0.2) is 0 Å². The fourth-order valence-electron chi connectivity index (χ4n) is 1.93. The first kappa shape index (κ1) is 8.37. The van der Waals surface area contributed by atoms with Gasteiger partial charge in [0.25, 0.3) is 0 Å². The van der Waals surface area contributed by atoms with Crippen LogP contribution in [-0.2, 0) is 0 Å². The van der Waals surface area contributed by atoms with Gasteiger partial charge in [-0.2, -0.15) is 0 Å². The molecule has 0 amide bonds. The standard InChI is InChI=1S/C8H17N3/c1-6-4-3-5-7(2)11(6)8(9)10/h6-7H,3-5H2,1-2H3,(H3,9,10)/p+1/t6-,7-/m0/s1. The third kappa shape index (κ3) is 1.64. The van der Waals surface area contributed by atoms with Gasteiger partial charge in [-0.1, -0.05) is 0 Å². The van der Waals surface area contributed by atoms with E-state index in [9.17, 15) is 0 Å². The largest absolute Gasteiger partial charge is 0.341 e. The average molecular weight is 156 g/mol. The minimum absolute atomic E-state index is 0.477. The first-order valence-electron chi connectivity index (χ1n) is 4.29. The van der Waals surface area contributed by atoms with E-state index in [-0.39, 0.29) is 0 Å². The van der Waals surface area contributed by atoms with Crippen LogP contribution >= 0.6 is 0 Å². The Morgan fingerprint density at radius 3 is 1.91 bits per heavy atom. The highest BCUT2D eigenvalue weighted by Gasteiger charge is 2.24. The second kappa shape index (κ2) is 3.11. The molecule has 3 heteroatoms. The van der Waals surface area contributed by atoms with Crippen LogP contribution in [0.3, 0.4) is 0 Å². The van der Waals surface area contributed by atoms with E-state index in [2.05, 4.69) is 18.4 Å². The smallest absolute Gasteiger partial charge is 0.291 e. The summed E-state index contributed by atoms with van der Waals surface area (Å²) in [5.74, 6) is 0.477. The van der Waals surface area contributed by atoms with Crippen molar-refractivity contribution in [3.63, 3.8) is 0 Å². The second-order valence-corrected chi connectivity index (χ2v) is 3.46. The van der Waals surface area contributed by atoms with Gasteiger partial charge in [0.05, 0.1) is 12.1 Å². The Morgan fingerprint density at radius 2 is 1.64 bits per heavy atom. The molecule has 0 aromatic rings. The number of hydrogen-bond donors (Lipinski definition) is 2. The van der Waals surface area contributed by atoms with Crippen molar-refractivity contribution in [2.45, 2.75) is 45.2 Å². The third-order valence-corrected chi connectivity index (χ3v) is 2.49. The van der Waals surface area contributed by atoms with Gasteiger partial charge in [0, 0.05) is 0 Å². The van der Waals surface area contributed by atoms with Crippen molar-refractivity contribution in [3.8, 4) is 0 Å². The zero-order chi connectivity index (χ0) is 8.43. The minimum atomic E-state index is 0.477. The summed E-state index contributed by atoms with van der Waals surface area (Å²) in [6.45, 7) is 4.35. The van der Waals surface area contributed by atoms with Crippen LogP contribution in [0.2, 0.25) is 0 Å². The van der Waals surface area contributed by atoms with E-state index in [0.717, 1.165) is 0 Å². The van der Waals surface area contributed by atoms with E-state index >= 15 is 0 Å². The summed E-state index contributed by atoms with van der Waals surface area (Å²) in [5, 5.41) is 0. The van der Waals surface area contributed by atoms with Crippen LogP contribution in [0, 0.1) is 0 Å². The minimum Gasteiger partial charge on any atom is -0.291 e. The number of hydrogen-bond acceptors (Lipinski definition) is 0. The Balaban J connectivity index is 2.79. The molecule has 1 saturated heterocycles. The van der Waals surface area contributed by atoms with Crippen molar-refractivity contribution in [1.82, 2.24) is 0 Å². The SMILES string of the molecule is C[C@H]1CCC[C@H](C)[N+]1=C(N)N. The Labute approximate surface area is 68.1 Å². The van der Waals surface area contributed by atoms with E-state index in [1.807, 2.05) is 0 Å². The predicted molar refractivity (Wildman–Crippen MR) is 46.4 cm³/mol. The van der Waals surface area contributed by atoms with Crippen LogP contribution in [-0.4, -0.2) is 22.6 Å². The molecule has 0 unspecified atom stereocenters. The third-order valence-electron chi connectivity index (χ3n) is 2.49. The van der Waals surface area contributed by atoms with E-state index in [1.165, 1.54) is 19.3 Å². The van der Waals surface area contributed by atoms with Crippen molar-refractivity contribution < 1.29 is 4.58 Å². The fourth-order valence-corrected chi connectivity index (χ4v) is 1.93. The van der Waals surface area contributed by atoms with Gasteiger partial charge in [0.2, 0.25) is 0 Å². The van der Waals surface area contributed by atoms with Crippen LogP contribution < -0.4 is 11.5 Å². The first-order chi connectivity index (χ1) is 5.13. The summed E-state index contributed by atoms with van der Waals surface area (Å²) >= 11 is 0. The highest BCUT2D eigenvalue weighted by atomic mass is 15.2. The molecule has 1 aliphatic rings. The van der Waals surface area contributed by atoms with Crippen molar-refractivity contribution in [2.24, 2.45) is 11.5 Å². The molecule has 0 bridgehead atoms. The molecule has 0 spiro atoms. The van der Waals surface area contributed by atoms with Crippen LogP contribution in [0.1, 0.15) is 33.1 Å². The van der Waals surface area contributed by atoms with Crippen molar-refractivity contribution in [2.75, 3.05) is 0 Å². The van der Waals surface area contributed by atoms with Gasteiger partial charge in [-0.15, -0.1) is 0 Å². The Morgan fingerprint density at radius 1 is 1.18 bits per heavy atom. The van der Waals surface area contributed by atoms with Gasteiger partial charge in [0.1, 0.15) is 0 Å². The molecule has 0 aromatic carbocycles. The lowest BCUT2D eigenvalue weighted by Gasteiger charge is -2.28. The maximum atomic E-state index is 5.57. The fraction of sp³-hybridized carbons (Fsp3) is 0.875. The van der Waals surface area contributed by atoms with Crippen LogP contribution in [0.5, 0.6) is 0 Å². The molecular formula is C8H18N3+. The summed E-state index contributed by atoms with van der Waals surface area (Å²) in [4.78, 5) is 0. The molecule has 0 radical (unpaired) electrons. The molecule has 1 heterocycles. The lowest BCUT2D eigenvalue weighted by molar-refractivity contribution is -0.606. The van der Waals surface area contributed by atoms with Gasteiger partial charge < -0.3 is 0 Å². The highest BCUT2D eigenvalue weighted by molar-refractivity contribution is 5.70. The quantitative estimate of drug-likeness (QED) is 0.390. The van der Waals surface area contributed by atoms with Crippen LogP contribution in [0.25, 0.3) is 0 Å². The lowest BCUT2D eigenvalue weighted by atomic mass is 10.00. The zero-order valence-electron chi connectivity index (χ0n) is 7.38. The summed E-state index contributed by atoms with van der Waals surface area (Å²) in [7, 11) is 0. The molecule has 2 atom stereocenters. The molecule has 11 heavy (non-hydrogen) atoms. The monoisotopic (exact) mass is 156 g/mol. The van der Waals surface area contributed by atoms with Gasteiger partial charge in [-0.3, -0.25) is 16.0 Å². The molecule has 64 valence electrons.